The van der Waals surface area contributed by atoms with Gasteiger partial charge in [0.2, 0.25) is 0 Å². The zero-order valence-corrected chi connectivity index (χ0v) is 16.3. The Balaban J connectivity index is -0.0000000233. The maximum atomic E-state index is 8.33. The molecule has 0 aromatic carbocycles. The second-order valence-electron chi connectivity index (χ2n) is 0.293. The Morgan fingerprint density at radius 1 is 1.22 bits per heavy atom. The Morgan fingerprint density at radius 2 is 1.22 bits per heavy atom. The van der Waals surface area contributed by atoms with Gasteiger partial charge < -0.3 is 15.0 Å². The van der Waals surface area contributed by atoms with Gasteiger partial charge in [0.25, 0.3) is 0 Å². The molecule has 3 nitrogen and oxygen atoms in total. The topological polar surface area (TPSA) is 63.2 Å². The van der Waals surface area contributed by atoms with Gasteiger partial charge in [-0.1, -0.05) is 0 Å². The van der Waals surface area contributed by atoms with Crippen LogP contribution < -0.4 is 113 Å². The Bertz CT molecular complexity index is 51.1. The number of hydrogen-bond donors (Lipinski definition) is 0. The summed E-state index contributed by atoms with van der Waals surface area (Å²) in [6.07, 6.45) is -2.33. The van der Waals surface area contributed by atoms with Gasteiger partial charge in [-0.15, -0.1) is 0 Å². The summed E-state index contributed by atoms with van der Waals surface area (Å²) < 4.78 is 0. The Hall–Kier alpha value is 4.52. The molecule has 0 aromatic heterocycles. The van der Waals surface area contributed by atoms with E-state index in [-0.39, 0.29) is 103 Å². The summed E-state index contributed by atoms with van der Waals surface area (Å²) in [5, 5.41) is 16.7. The van der Waals surface area contributed by atoms with Gasteiger partial charge >= 0.3 is 152 Å². The van der Waals surface area contributed by atoms with E-state index >= 15 is 0 Å². The fourth-order valence-corrected chi connectivity index (χ4v) is 0. The van der Waals surface area contributed by atoms with Gasteiger partial charge in [-0.25, -0.2) is 0 Å². The van der Waals surface area contributed by atoms with E-state index in [1.807, 2.05) is 0 Å². The van der Waals surface area contributed by atoms with E-state index in [1.54, 1.807) is 8.46 Å². The molecule has 0 bridgehead atoms. The van der Waals surface area contributed by atoms with Crippen LogP contribution in [0, 0.1) is 0 Å². The van der Waals surface area contributed by atoms with Crippen molar-refractivity contribution >= 4 is 46.8 Å². The third-order valence-electron chi connectivity index (χ3n) is 0. The van der Waals surface area contributed by atoms with Crippen molar-refractivity contribution in [2.45, 2.75) is 0 Å². The van der Waals surface area contributed by atoms with Crippen molar-refractivity contribution in [3.8, 4) is 0 Å². The maximum absolute atomic E-state index is 8.33. The SMILES string of the molecule is O=C([O-])[O-].[I][Cu][I].[K+].[K+]. The van der Waals surface area contributed by atoms with Gasteiger partial charge in [0.1, 0.15) is 0 Å². The molecular weight excluding hydrogens is 456 g/mol. The van der Waals surface area contributed by atoms with Crippen molar-refractivity contribution in [3.05, 3.63) is 0 Å². The molecule has 0 saturated carbocycles. The van der Waals surface area contributed by atoms with Crippen molar-refractivity contribution in [1.82, 2.24) is 0 Å². The molecule has 0 radical (unpaired) electrons. The van der Waals surface area contributed by atoms with Gasteiger partial charge in [-0.05, 0) is 6.16 Å². The minimum Gasteiger partial charge on any atom is 1.00 e. The fraction of sp³-hybridized carbons (Fsp3) is 0. The maximum Gasteiger partial charge on any atom is 1.00 e. The summed E-state index contributed by atoms with van der Waals surface area (Å²) in [5.41, 5.74) is 0. The molecule has 0 aliphatic heterocycles. The van der Waals surface area contributed by atoms with Crippen LogP contribution in [0.4, 0.5) is 4.79 Å². The van der Waals surface area contributed by atoms with Crippen molar-refractivity contribution in [2.75, 3.05) is 0 Å². The summed E-state index contributed by atoms with van der Waals surface area (Å²) in [5.74, 6) is 0. The summed E-state index contributed by atoms with van der Waals surface area (Å²) in [4.78, 5) is 8.33. The van der Waals surface area contributed by atoms with Gasteiger partial charge in [0.15, 0.2) is 0 Å². The van der Waals surface area contributed by atoms with Crippen LogP contribution in [0.1, 0.15) is 0 Å². The minimum absolute atomic E-state index is 0. The standard InChI is InChI=1S/CH2O3.Cu.2HI.2K/c2-1(3)4;;;;;/h(H2,2,3,4);;2*1H;;/q;+2;;;2*+1/p-4. The van der Waals surface area contributed by atoms with Gasteiger partial charge in [-0.2, -0.15) is 0 Å². The third-order valence-corrected chi connectivity index (χ3v) is 0. The average molecular weight is 456 g/mol. The number of rotatable bonds is 0. The summed E-state index contributed by atoms with van der Waals surface area (Å²) in [6.45, 7) is 0. The summed E-state index contributed by atoms with van der Waals surface area (Å²) in [6, 6.07) is 0. The van der Waals surface area contributed by atoms with Crippen LogP contribution in [0.25, 0.3) is 0 Å². The molecule has 0 aromatic rings. The molecular formula is CCuI2K2O3. The first-order chi connectivity index (χ1) is 3.15. The molecule has 49 valence electrons. The number of halogens is 2. The van der Waals surface area contributed by atoms with Crippen molar-refractivity contribution in [2.24, 2.45) is 0 Å². The Labute approximate surface area is 167 Å². The smallest absolute Gasteiger partial charge is 1.00 e. The number of carbonyl (C=O) groups excluding carboxylic acids is 1. The monoisotopic (exact) mass is 455 g/mol. The quantitative estimate of drug-likeness (QED) is 0.270. The van der Waals surface area contributed by atoms with Crippen LogP contribution in [0.5, 0.6) is 0 Å². The van der Waals surface area contributed by atoms with Crippen molar-refractivity contribution in [3.63, 3.8) is 0 Å². The minimum atomic E-state index is -2.33. The molecule has 0 rings (SSSR count). The molecule has 0 saturated heterocycles. The summed E-state index contributed by atoms with van der Waals surface area (Å²) in [7, 11) is 1.75. The van der Waals surface area contributed by atoms with Gasteiger partial charge in [0, 0.05) is 0 Å². The van der Waals surface area contributed by atoms with Gasteiger partial charge in [-0.3, -0.25) is 0 Å². The molecule has 0 spiro atoms. The number of hydrogen-bond acceptors (Lipinski definition) is 3. The van der Waals surface area contributed by atoms with Crippen LogP contribution in [0.15, 0.2) is 0 Å². The van der Waals surface area contributed by atoms with E-state index in [4.69, 9.17) is 15.0 Å². The first-order valence-electron chi connectivity index (χ1n) is 0.840. The van der Waals surface area contributed by atoms with E-state index in [0.29, 0.717) is 0 Å². The summed E-state index contributed by atoms with van der Waals surface area (Å²) >= 11 is 4.36. The molecule has 0 amide bonds. The van der Waals surface area contributed by atoms with E-state index in [1.165, 1.54) is 0 Å². The van der Waals surface area contributed by atoms with Crippen LogP contribution in [-0.4, -0.2) is 6.16 Å². The van der Waals surface area contributed by atoms with E-state index in [0.717, 1.165) is 0 Å². The van der Waals surface area contributed by atoms with Gasteiger partial charge in [0.05, 0.1) is 0 Å². The third kappa shape index (κ3) is 67.8. The van der Waals surface area contributed by atoms with Crippen molar-refractivity contribution < 1.29 is 126 Å². The first kappa shape index (κ1) is 23.4. The average Bonchev–Trinajstić information content (AvgIpc) is 1.33. The van der Waals surface area contributed by atoms with E-state index in [9.17, 15) is 0 Å². The van der Waals surface area contributed by atoms with Crippen LogP contribution in [0.3, 0.4) is 0 Å². The van der Waals surface area contributed by atoms with E-state index < -0.39 is 6.16 Å². The molecule has 9 heavy (non-hydrogen) atoms. The molecule has 8 heteroatoms. The molecule has 0 aliphatic carbocycles. The van der Waals surface area contributed by atoms with Crippen LogP contribution in [0.2, 0.25) is 0 Å². The van der Waals surface area contributed by atoms with E-state index in [2.05, 4.69) is 40.7 Å². The fourth-order valence-electron chi connectivity index (χ4n) is 0. The molecule has 0 fully saturated rings. The molecule has 0 N–H and O–H groups in total. The number of carboxylic acid groups (broad SMARTS) is 2. The largest absolute Gasteiger partial charge is 1.00 e. The normalized spacial score (nSPS) is 5.11. The predicted molar refractivity (Wildman–Crippen MR) is 33.4 cm³/mol. The molecule has 0 atom stereocenters. The molecule has 0 unspecified atom stereocenters. The second-order valence-corrected chi connectivity index (χ2v) is 8.24. The predicted octanol–water partition coefficient (Wildman–Crippen LogP) is -6.67. The zero-order valence-electron chi connectivity index (χ0n) is 4.78. The first-order valence-corrected chi connectivity index (χ1v) is 6.92. The van der Waals surface area contributed by atoms with Crippen LogP contribution >= 0.6 is 40.7 Å². The van der Waals surface area contributed by atoms with Crippen LogP contribution in [-0.2, 0) is 8.46 Å². The molecule has 0 aliphatic rings. The Morgan fingerprint density at radius 3 is 1.22 bits per heavy atom. The zero-order chi connectivity index (χ0) is 6.28. The number of carbonyl (C=O) groups is 1. The Kier molecular flexibility index (Phi) is 59.5. The second kappa shape index (κ2) is 22.9. The van der Waals surface area contributed by atoms with Crippen molar-refractivity contribution in [1.29, 1.82) is 0 Å². The molecule has 0 heterocycles.